The third kappa shape index (κ3) is 1.32. The van der Waals surface area contributed by atoms with E-state index in [1.54, 1.807) is 12.3 Å². The molecule has 10 heavy (non-hydrogen) atoms. The third-order valence-electron chi connectivity index (χ3n) is 0.995. The number of nitriles is 1. The number of aryl methyl sites for hydroxylation is 1. The molecule has 0 saturated carbocycles. The Morgan fingerprint density at radius 3 is 3.00 bits per heavy atom. The second kappa shape index (κ2) is 2.78. The maximum atomic E-state index is 8.93. The van der Waals surface area contributed by atoms with Gasteiger partial charge in [-0.1, -0.05) is 0 Å². The fraction of sp³-hybridized carbons (Fsp3) is 0.333. The molecule has 0 bridgehead atoms. The Balaban J connectivity index is 2.87. The lowest BCUT2D eigenvalue weighted by molar-refractivity contribution is 0.235. The highest BCUT2D eigenvalue weighted by Crippen LogP contribution is 2.17. The minimum atomic E-state index is -1.06. The van der Waals surface area contributed by atoms with Crippen LogP contribution in [0.4, 0.5) is 0 Å². The van der Waals surface area contributed by atoms with Gasteiger partial charge in [0.05, 0.1) is 0 Å². The molecule has 0 aliphatic carbocycles. The van der Waals surface area contributed by atoms with Gasteiger partial charge in [-0.15, -0.1) is 11.3 Å². The lowest BCUT2D eigenvalue weighted by Crippen LogP contribution is -1.90. The molecule has 0 spiro atoms. The molecule has 0 amide bonds. The van der Waals surface area contributed by atoms with E-state index in [1.807, 2.05) is 6.92 Å². The summed E-state index contributed by atoms with van der Waals surface area (Å²) in [4.78, 5) is 4.84. The topological polar surface area (TPSA) is 56.9 Å². The molecule has 1 N–H and O–H groups in total. The molecule has 0 aliphatic rings. The van der Waals surface area contributed by atoms with Gasteiger partial charge in [0.1, 0.15) is 11.1 Å². The van der Waals surface area contributed by atoms with Crippen molar-refractivity contribution in [3.8, 4) is 6.07 Å². The molecule has 0 fully saturated rings. The predicted molar refractivity (Wildman–Crippen MR) is 37.4 cm³/mol. The highest BCUT2D eigenvalue weighted by atomic mass is 32.1. The standard InChI is InChI=1S/C6H6N2OS/c1-4-3-8-6(10-4)5(9)2-7/h3,5,9H,1H3/t5-/m1/s1. The summed E-state index contributed by atoms with van der Waals surface area (Å²) in [7, 11) is 0. The van der Waals surface area contributed by atoms with Crippen molar-refractivity contribution in [2.75, 3.05) is 0 Å². The molecule has 0 radical (unpaired) electrons. The van der Waals surface area contributed by atoms with Crippen LogP contribution < -0.4 is 0 Å². The molecule has 1 atom stereocenters. The second-order valence-electron chi connectivity index (χ2n) is 1.84. The molecule has 1 rings (SSSR count). The van der Waals surface area contributed by atoms with E-state index < -0.39 is 6.10 Å². The molecule has 1 aromatic rings. The van der Waals surface area contributed by atoms with Crippen LogP contribution in [-0.2, 0) is 0 Å². The van der Waals surface area contributed by atoms with Crippen molar-refractivity contribution in [1.29, 1.82) is 5.26 Å². The van der Waals surface area contributed by atoms with E-state index in [0.717, 1.165) is 4.88 Å². The molecule has 52 valence electrons. The fourth-order valence-corrected chi connectivity index (χ4v) is 1.26. The molecular weight excluding hydrogens is 148 g/mol. The summed E-state index contributed by atoms with van der Waals surface area (Å²) in [5.41, 5.74) is 0. The fourth-order valence-electron chi connectivity index (χ4n) is 0.554. The molecule has 1 heterocycles. The Bertz CT molecular complexity index is 263. The van der Waals surface area contributed by atoms with Crippen LogP contribution in [0.5, 0.6) is 0 Å². The number of nitrogens with zero attached hydrogens (tertiary/aromatic N) is 2. The second-order valence-corrected chi connectivity index (χ2v) is 3.11. The van der Waals surface area contributed by atoms with Crippen LogP contribution in [-0.4, -0.2) is 10.1 Å². The van der Waals surface area contributed by atoms with Crippen LogP contribution in [0.25, 0.3) is 0 Å². The normalized spacial score (nSPS) is 12.5. The lowest BCUT2D eigenvalue weighted by Gasteiger charge is -1.90. The SMILES string of the molecule is Cc1cnc([C@H](O)C#N)s1. The van der Waals surface area contributed by atoms with Gasteiger partial charge >= 0.3 is 0 Å². The number of hydrogen-bond donors (Lipinski definition) is 1. The summed E-state index contributed by atoms with van der Waals surface area (Å²) in [6.45, 7) is 1.88. The third-order valence-corrected chi connectivity index (χ3v) is 1.96. The van der Waals surface area contributed by atoms with E-state index in [4.69, 9.17) is 10.4 Å². The lowest BCUT2D eigenvalue weighted by atomic mass is 10.4. The van der Waals surface area contributed by atoms with E-state index >= 15 is 0 Å². The zero-order valence-electron chi connectivity index (χ0n) is 5.40. The summed E-state index contributed by atoms with van der Waals surface area (Å²) in [6.07, 6.45) is 0.583. The van der Waals surface area contributed by atoms with Gasteiger partial charge < -0.3 is 5.11 Å². The first-order chi connectivity index (χ1) is 4.74. The van der Waals surface area contributed by atoms with E-state index in [-0.39, 0.29) is 0 Å². The molecule has 0 aromatic carbocycles. The van der Waals surface area contributed by atoms with Gasteiger partial charge in [-0.25, -0.2) is 4.98 Å². The number of thiazole rings is 1. The van der Waals surface area contributed by atoms with E-state index in [1.165, 1.54) is 11.3 Å². The highest BCUT2D eigenvalue weighted by Gasteiger charge is 2.08. The van der Waals surface area contributed by atoms with Crippen LogP contribution in [0.2, 0.25) is 0 Å². The maximum absolute atomic E-state index is 8.93. The maximum Gasteiger partial charge on any atom is 0.192 e. The highest BCUT2D eigenvalue weighted by molar-refractivity contribution is 7.11. The summed E-state index contributed by atoms with van der Waals surface area (Å²) >= 11 is 1.34. The van der Waals surface area contributed by atoms with Crippen LogP contribution in [0.1, 0.15) is 16.0 Å². The van der Waals surface area contributed by atoms with Crippen LogP contribution >= 0.6 is 11.3 Å². The van der Waals surface area contributed by atoms with Crippen molar-refractivity contribution < 1.29 is 5.11 Å². The average molecular weight is 154 g/mol. The van der Waals surface area contributed by atoms with Crippen molar-refractivity contribution in [3.05, 3.63) is 16.1 Å². The van der Waals surface area contributed by atoms with Crippen molar-refractivity contribution in [2.45, 2.75) is 13.0 Å². The van der Waals surface area contributed by atoms with Crippen LogP contribution in [0.3, 0.4) is 0 Å². The Hall–Kier alpha value is -0.920. The van der Waals surface area contributed by atoms with Crippen molar-refractivity contribution >= 4 is 11.3 Å². The molecule has 0 unspecified atom stereocenters. The minimum Gasteiger partial charge on any atom is -0.372 e. The van der Waals surface area contributed by atoms with Gasteiger partial charge in [-0.3, -0.25) is 0 Å². The summed E-state index contributed by atoms with van der Waals surface area (Å²) in [5, 5.41) is 17.7. The molecule has 0 saturated heterocycles. The monoisotopic (exact) mass is 154 g/mol. The largest absolute Gasteiger partial charge is 0.372 e. The Kier molecular flexibility index (Phi) is 2.00. The summed E-state index contributed by atoms with van der Waals surface area (Å²) < 4.78 is 0. The zero-order valence-corrected chi connectivity index (χ0v) is 6.22. The zero-order chi connectivity index (χ0) is 7.56. The predicted octanol–water partition coefficient (Wildman–Crippen LogP) is 1.01. The van der Waals surface area contributed by atoms with Gasteiger partial charge in [0.2, 0.25) is 0 Å². The van der Waals surface area contributed by atoms with Crippen LogP contribution in [0, 0.1) is 18.3 Å². The quantitative estimate of drug-likeness (QED) is 0.614. The molecule has 0 aliphatic heterocycles. The van der Waals surface area contributed by atoms with Crippen molar-refractivity contribution in [3.63, 3.8) is 0 Å². The number of aliphatic hydroxyl groups excluding tert-OH is 1. The van der Waals surface area contributed by atoms with E-state index in [0.29, 0.717) is 5.01 Å². The Morgan fingerprint density at radius 2 is 2.60 bits per heavy atom. The Morgan fingerprint density at radius 1 is 1.90 bits per heavy atom. The summed E-state index contributed by atoms with van der Waals surface area (Å²) in [6, 6.07) is 1.70. The van der Waals surface area contributed by atoms with Gasteiger partial charge in [-0.05, 0) is 6.92 Å². The first-order valence-corrected chi connectivity index (χ1v) is 3.55. The van der Waals surface area contributed by atoms with Crippen LogP contribution in [0.15, 0.2) is 6.20 Å². The summed E-state index contributed by atoms with van der Waals surface area (Å²) in [5.74, 6) is 0. The molecule has 3 nitrogen and oxygen atoms in total. The number of aliphatic hydroxyl groups is 1. The first kappa shape index (κ1) is 7.19. The van der Waals surface area contributed by atoms with Crippen molar-refractivity contribution in [1.82, 2.24) is 4.98 Å². The first-order valence-electron chi connectivity index (χ1n) is 2.74. The average Bonchev–Trinajstić information content (AvgIpc) is 2.34. The van der Waals surface area contributed by atoms with Gasteiger partial charge in [0, 0.05) is 11.1 Å². The Labute approximate surface area is 62.6 Å². The number of hydrogen-bond acceptors (Lipinski definition) is 4. The van der Waals surface area contributed by atoms with Gasteiger partial charge in [0.25, 0.3) is 0 Å². The molecular formula is C6H6N2OS. The molecule has 4 heteroatoms. The molecule has 1 aromatic heterocycles. The minimum absolute atomic E-state index is 0.472. The van der Waals surface area contributed by atoms with E-state index in [2.05, 4.69) is 4.98 Å². The van der Waals surface area contributed by atoms with E-state index in [9.17, 15) is 0 Å². The number of rotatable bonds is 1. The smallest absolute Gasteiger partial charge is 0.192 e. The number of aromatic nitrogens is 1. The van der Waals surface area contributed by atoms with Gasteiger partial charge in [-0.2, -0.15) is 5.26 Å². The van der Waals surface area contributed by atoms with Crippen molar-refractivity contribution in [2.24, 2.45) is 0 Å². The van der Waals surface area contributed by atoms with Gasteiger partial charge in [0.15, 0.2) is 6.10 Å².